The summed E-state index contributed by atoms with van der Waals surface area (Å²) in [6.07, 6.45) is 7.98. The lowest BCUT2D eigenvalue weighted by Crippen LogP contribution is -2.22. The molecule has 3 rings (SSSR count). The predicted molar refractivity (Wildman–Crippen MR) is 87.9 cm³/mol. The topological polar surface area (TPSA) is 49.8 Å². The van der Waals surface area contributed by atoms with E-state index in [1.165, 1.54) is 38.5 Å². The number of hydrogen-bond donors (Lipinski definition) is 2. The van der Waals surface area contributed by atoms with Gasteiger partial charge in [0.1, 0.15) is 17.5 Å². The summed E-state index contributed by atoms with van der Waals surface area (Å²) >= 11 is 0. The molecule has 2 atom stereocenters. The largest absolute Gasteiger partial charge is 0.373 e. The predicted octanol–water partition coefficient (Wildman–Crippen LogP) is 3.94. The monoisotopic (exact) mass is 288 g/mol. The van der Waals surface area contributed by atoms with Crippen molar-refractivity contribution in [2.24, 2.45) is 11.8 Å². The van der Waals surface area contributed by atoms with E-state index in [1.807, 2.05) is 7.05 Å². The van der Waals surface area contributed by atoms with Gasteiger partial charge in [0, 0.05) is 25.1 Å². The lowest BCUT2D eigenvalue weighted by Gasteiger charge is -2.27. The fourth-order valence-corrected chi connectivity index (χ4v) is 3.46. The van der Waals surface area contributed by atoms with Gasteiger partial charge in [0.15, 0.2) is 0 Å². The Balaban J connectivity index is 1.70. The second kappa shape index (κ2) is 6.20. The van der Waals surface area contributed by atoms with Gasteiger partial charge in [-0.15, -0.1) is 0 Å². The Morgan fingerprint density at radius 1 is 1.10 bits per heavy atom. The van der Waals surface area contributed by atoms with Crippen LogP contribution in [0.1, 0.15) is 62.8 Å². The molecule has 0 spiro atoms. The van der Waals surface area contributed by atoms with Crippen LogP contribution in [0.2, 0.25) is 0 Å². The molecule has 4 nitrogen and oxygen atoms in total. The van der Waals surface area contributed by atoms with Crippen molar-refractivity contribution in [1.82, 2.24) is 9.97 Å². The highest BCUT2D eigenvalue weighted by Gasteiger charge is 2.28. The third-order valence-electron chi connectivity index (χ3n) is 4.95. The Bertz CT molecular complexity index is 496. The molecule has 0 radical (unpaired) electrons. The SMILES string of the molecule is CNc1nc(C2CC2)nc(NCC2CCCC(C)C2)c1C. The number of aromatic nitrogens is 2. The molecule has 2 unspecified atom stereocenters. The van der Waals surface area contributed by atoms with Gasteiger partial charge in [0.2, 0.25) is 0 Å². The average molecular weight is 288 g/mol. The number of hydrogen-bond acceptors (Lipinski definition) is 4. The minimum atomic E-state index is 0.591. The number of anilines is 2. The molecule has 0 bridgehead atoms. The third-order valence-corrected chi connectivity index (χ3v) is 4.95. The van der Waals surface area contributed by atoms with Crippen LogP contribution in [0, 0.1) is 18.8 Å². The van der Waals surface area contributed by atoms with Crippen molar-refractivity contribution < 1.29 is 0 Å². The first-order valence-electron chi connectivity index (χ1n) is 8.47. The maximum atomic E-state index is 4.78. The molecule has 2 N–H and O–H groups in total. The summed E-state index contributed by atoms with van der Waals surface area (Å²) in [5.74, 6) is 5.30. The highest BCUT2D eigenvalue weighted by molar-refractivity contribution is 5.57. The lowest BCUT2D eigenvalue weighted by atomic mass is 9.82. The summed E-state index contributed by atoms with van der Waals surface area (Å²) in [6.45, 7) is 5.54. The second-order valence-electron chi connectivity index (χ2n) is 6.95. The molecule has 2 aliphatic rings. The van der Waals surface area contributed by atoms with E-state index in [1.54, 1.807) is 0 Å². The fraction of sp³-hybridized carbons (Fsp3) is 0.765. The molecule has 2 aliphatic carbocycles. The van der Waals surface area contributed by atoms with E-state index >= 15 is 0 Å². The van der Waals surface area contributed by atoms with E-state index in [-0.39, 0.29) is 0 Å². The van der Waals surface area contributed by atoms with Crippen LogP contribution in [-0.2, 0) is 0 Å². The van der Waals surface area contributed by atoms with Crippen LogP contribution in [0.4, 0.5) is 11.6 Å². The molecule has 0 aliphatic heterocycles. The number of nitrogens with one attached hydrogen (secondary N) is 2. The van der Waals surface area contributed by atoms with Crippen LogP contribution < -0.4 is 10.6 Å². The summed E-state index contributed by atoms with van der Waals surface area (Å²) < 4.78 is 0. The molecule has 0 aromatic carbocycles. The molecule has 4 heteroatoms. The zero-order chi connectivity index (χ0) is 14.8. The van der Waals surface area contributed by atoms with Crippen molar-refractivity contribution >= 4 is 11.6 Å². The van der Waals surface area contributed by atoms with Crippen LogP contribution in [0.15, 0.2) is 0 Å². The quantitative estimate of drug-likeness (QED) is 0.861. The van der Waals surface area contributed by atoms with Gasteiger partial charge in [-0.05, 0) is 44.4 Å². The van der Waals surface area contributed by atoms with E-state index < -0.39 is 0 Å². The van der Waals surface area contributed by atoms with Crippen molar-refractivity contribution in [2.45, 2.75) is 58.3 Å². The van der Waals surface area contributed by atoms with Gasteiger partial charge in [0.25, 0.3) is 0 Å². The maximum absolute atomic E-state index is 4.78. The van der Waals surface area contributed by atoms with Crippen LogP contribution >= 0.6 is 0 Å². The smallest absolute Gasteiger partial charge is 0.136 e. The van der Waals surface area contributed by atoms with E-state index in [0.717, 1.165) is 41.4 Å². The third kappa shape index (κ3) is 3.47. The van der Waals surface area contributed by atoms with Gasteiger partial charge in [-0.2, -0.15) is 0 Å². The van der Waals surface area contributed by atoms with E-state index in [4.69, 9.17) is 4.98 Å². The molecule has 1 aromatic rings. The summed E-state index contributed by atoms with van der Waals surface area (Å²) in [4.78, 5) is 9.44. The van der Waals surface area contributed by atoms with Gasteiger partial charge in [0.05, 0.1) is 0 Å². The lowest BCUT2D eigenvalue weighted by molar-refractivity contribution is 0.293. The maximum Gasteiger partial charge on any atom is 0.136 e. The Labute approximate surface area is 128 Å². The van der Waals surface area contributed by atoms with Crippen molar-refractivity contribution in [3.8, 4) is 0 Å². The molecule has 2 saturated carbocycles. The molecule has 1 heterocycles. The summed E-state index contributed by atoms with van der Waals surface area (Å²) in [5.41, 5.74) is 1.14. The molecule has 2 fully saturated rings. The molecule has 116 valence electrons. The molecule has 21 heavy (non-hydrogen) atoms. The Morgan fingerprint density at radius 2 is 1.86 bits per heavy atom. The highest BCUT2D eigenvalue weighted by atomic mass is 15.1. The van der Waals surface area contributed by atoms with E-state index in [9.17, 15) is 0 Å². The minimum absolute atomic E-state index is 0.591. The number of nitrogens with zero attached hydrogens (tertiary/aromatic N) is 2. The van der Waals surface area contributed by atoms with Crippen LogP contribution in [0.3, 0.4) is 0 Å². The van der Waals surface area contributed by atoms with Crippen LogP contribution in [0.25, 0.3) is 0 Å². The van der Waals surface area contributed by atoms with Gasteiger partial charge in [-0.25, -0.2) is 9.97 Å². The molecular weight excluding hydrogens is 260 g/mol. The van der Waals surface area contributed by atoms with Crippen molar-refractivity contribution in [3.63, 3.8) is 0 Å². The van der Waals surface area contributed by atoms with E-state index in [0.29, 0.717) is 5.92 Å². The normalized spacial score (nSPS) is 25.7. The summed E-state index contributed by atoms with van der Waals surface area (Å²) in [7, 11) is 1.94. The van der Waals surface area contributed by atoms with Crippen molar-refractivity contribution in [1.29, 1.82) is 0 Å². The highest BCUT2D eigenvalue weighted by Crippen LogP contribution is 2.39. The van der Waals surface area contributed by atoms with E-state index in [2.05, 4.69) is 29.5 Å². The summed E-state index contributed by atoms with van der Waals surface area (Å²) in [5, 5.41) is 6.82. The Kier molecular flexibility index (Phi) is 4.32. The van der Waals surface area contributed by atoms with Crippen molar-refractivity contribution in [3.05, 3.63) is 11.4 Å². The molecular formula is C17H28N4. The second-order valence-corrected chi connectivity index (χ2v) is 6.95. The van der Waals surface area contributed by atoms with Gasteiger partial charge < -0.3 is 10.6 Å². The number of rotatable bonds is 5. The first-order chi connectivity index (χ1) is 10.2. The molecule has 0 amide bonds. The minimum Gasteiger partial charge on any atom is -0.373 e. The first kappa shape index (κ1) is 14.6. The summed E-state index contributed by atoms with van der Waals surface area (Å²) in [6, 6.07) is 0. The fourth-order valence-electron chi connectivity index (χ4n) is 3.46. The van der Waals surface area contributed by atoms with Crippen LogP contribution in [-0.4, -0.2) is 23.6 Å². The molecule has 0 saturated heterocycles. The molecule has 1 aromatic heterocycles. The zero-order valence-electron chi connectivity index (χ0n) is 13.6. The Morgan fingerprint density at radius 3 is 2.52 bits per heavy atom. The van der Waals surface area contributed by atoms with Crippen LogP contribution in [0.5, 0.6) is 0 Å². The zero-order valence-corrected chi connectivity index (χ0v) is 13.6. The Hall–Kier alpha value is -1.32. The average Bonchev–Trinajstić information content (AvgIpc) is 3.31. The van der Waals surface area contributed by atoms with Crippen molar-refractivity contribution in [2.75, 3.05) is 24.2 Å². The first-order valence-corrected chi connectivity index (χ1v) is 8.47. The standard InChI is InChI=1S/C17H28N4/c1-11-5-4-6-13(9-11)10-19-16-12(2)15(18-3)20-17(21-16)14-7-8-14/h11,13-14H,4-10H2,1-3H3,(H2,18,19,20,21). The van der Waals surface area contributed by atoms with Gasteiger partial charge >= 0.3 is 0 Å². The van der Waals surface area contributed by atoms with Gasteiger partial charge in [-0.3, -0.25) is 0 Å². The van der Waals surface area contributed by atoms with Gasteiger partial charge in [-0.1, -0.05) is 19.8 Å².